The summed E-state index contributed by atoms with van der Waals surface area (Å²) in [5.74, 6) is 0.626. The number of H-pyrrole nitrogens is 1. The van der Waals surface area contributed by atoms with Crippen LogP contribution in [0.25, 0.3) is 0 Å². The molecule has 1 aliphatic carbocycles. The quantitative estimate of drug-likeness (QED) is 0.895. The van der Waals surface area contributed by atoms with Crippen LogP contribution in [0.15, 0.2) is 18.7 Å². The number of hydrogen-bond acceptors (Lipinski definition) is 4. The van der Waals surface area contributed by atoms with Gasteiger partial charge in [-0.05, 0) is 32.6 Å². The summed E-state index contributed by atoms with van der Waals surface area (Å²) in [6.45, 7) is 6.74. The highest BCUT2D eigenvalue weighted by atomic mass is 16.2. The number of carbonyl (C=O) groups is 1. The topological polar surface area (TPSA) is 70.1 Å². The van der Waals surface area contributed by atoms with E-state index in [0.29, 0.717) is 5.91 Å². The van der Waals surface area contributed by atoms with Crippen molar-refractivity contribution >= 4 is 5.91 Å². The first kappa shape index (κ1) is 17.0. The van der Waals surface area contributed by atoms with Crippen molar-refractivity contribution in [1.82, 2.24) is 29.5 Å². The summed E-state index contributed by atoms with van der Waals surface area (Å²) in [7, 11) is 0. The van der Waals surface area contributed by atoms with Crippen LogP contribution in [0.3, 0.4) is 0 Å². The number of amides is 1. The van der Waals surface area contributed by atoms with Gasteiger partial charge in [-0.3, -0.25) is 14.4 Å². The Morgan fingerprint density at radius 3 is 2.81 bits per heavy atom. The maximum atomic E-state index is 13.0. The molecule has 0 atom stereocenters. The van der Waals surface area contributed by atoms with E-state index < -0.39 is 0 Å². The molecule has 1 amide bonds. The molecule has 1 N–H and O–H groups in total. The second-order valence-corrected chi connectivity index (χ2v) is 8.26. The summed E-state index contributed by atoms with van der Waals surface area (Å²) in [6, 6.07) is 0. The van der Waals surface area contributed by atoms with E-state index in [2.05, 4.69) is 38.0 Å². The number of fused-ring (bicyclic) bond motifs is 2. The smallest absolute Gasteiger partial charge is 0.226 e. The van der Waals surface area contributed by atoms with Gasteiger partial charge in [0.1, 0.15) is 0 Å². The number of rotatable bonds is 4. The molecule has 7 nitrogen and oxygen atoms in total. The Hall–Kier alpha value is -2.15. The van der Waals surface area contributed by atoms with Crippen molar-refractivity contribution in [3.8, 4) is 0 Å². The predicted molar refractivity (Wildman–Crippen MR) is 101 cm³/mol. The molecule has 0 radical (unpaired) electrons. The minimum absolute atomic E-state index is 0.211. The third-order valence-corrected chi connectivity index (χ3v) is 6.55. The Balaban J connectivity index is 1.35. The lowest BCUT2D eigenvalue weighted by atomic mass is 9.78. The van der Waals surface area contributed by atoms with Gasteiger partial charge in [-0.25, -0.2) is 4.98 Å². The van der Waals surface area contributed by atoms with Gasteiger partial charge in [0.15, 0.2) is 0 Å². The first-order valence-corrected chi connectivity index (χ1v) is 10.3. The van der Waals surface area contributed by atoms with E-state index in [0.717, 1.165) is 70.5 Å². The second kappa shape index (κ2) is 6.48. The Morgan fingerprint density at radius 1 is 1.30 bits per heavy atom. The standard InChI is InChI=1S/C20H28N6O/c1-2-25-13-15(11-23-25)12-24-9-6-20(7-10-24)18-17(21-14-22-18)5-8-26(20)19(27)16-3-4-16/h11,13-14,16H,2-10,12H2,1H3,(H,21,22). The SMILES string of the molecule is CCn1cc(CN2CCC3(CC2)c2nc[nH]c2CCN3C(=O)C2CC2)cn1. The third kappa shape index (κ3) is 2.88. The molecular formula is C20H28N6O. The molecule has 7 heteroatoms. The van der Waals surface area contributed by atoms with Crippen molar-refractivity contribution in [2.24, 2.45) is 5.92 Å². The average molecular weight is 368 g/mol. The van der Waals surface area contributed by atoms with Crippen LogP contribution in [0.4, 0.5) is 0 Å². The van der Waals surface area contributed by atoms with Crippen LogP contribution in [-0.4, -0.2) is 55.1 Å². The Bertz CT molecular complexity index is 827. The van der Waals surface area contributed by atoms with Gasteiger partial charge in [0.2, 0.25) is 5.91 Å². The summed E-state index contributed by atoms with van der Waals surface area (Å²) in [5, 5.41) is 4.39. The summed E-state index contributed by atoms with van der Waals surface area (Å²) in [6.07, 6.45) is 10.9. The van der Waals surface area contributed by atoms with E-state index in [1.807, 2.05) is 17.2 Å². The lowest BCUT2D eigenvalue weighted by Crippen LogP contribution is -2.58. The predicted octanol–water partition coefficient (Wildman–Crippen LogP) is 1.91. The number of likely N-dealkylation sites (tertiary alicyclic amines) is 1. The number of nitrogens with one attached hydrogen (secondary N) is 1. The number of aromatic amines is 1. The first-order chi connectivity index (χ1) is 13.2. The zero-order valence-corrected chi connectivity index (χ0v) is 16.0. The molecule has 0 aromatic carbocycles. The van der Waals surface area contributed by atoms with Gasteiger partial charge in [0, 0.05) is 62.5 Å². The molecule has 2 aromatic heterocycles. The number of imidazole rings is 1. The maximum absolute atomic E-state index is 13.0. The fourth-order valence-electron chi connectivity index (χ4n) is 4.86. The van der Waals surface area contributed by atoms with Gasteiger partial charge in [-0.15, -0.1) is 0 Å². The molecule has 0 unspecified atom stereocenters. The number of nitrogens with zero attached hydrogens (tertiary/aromatic N) is 5. The fraction of sp³-hybridized carbons (Fsp3) is 0.650. The molecule has 144 valence electrons. The molecule has 1 saturated heterocycles. The Morgan fingerprint density at radius 2 is 2.11 bits per heavy atom. The van der Waals surface area contributed by atoms with E-state index >= 15 is 0 Å². The zero-order valence-electron chi connectivity index (χ0n) is 16.0. The molecule has 4 heterocycles. The van der Waals surface area contributed by atoms with Crippen LogP contribution in [0.5, 0.6) is 0 Å². The second-order valence-electron chi connectivity index (χ2n) is 8.26. The van der Waals surface area contributed by atoms with Crippen LogP contribution < -0.4 is 0 Å². The molecule has 1 spiro atoms. The van der Waals surface area contributed by atoms with Gasteiger partial charge in [0.05, 0.1) is 23.8 Å². The molecule has 1 saturated carbocycles. The monoisotopic (exact) mass is 368 g/mol. The molecule has 2 aromatic rings. The molecule has 0 bridgehead atoms. The minimum Gasteiger partial charge on any atom is -0.348 e. The van der Waals surface area contributed by atoms with Gasteiger partial charge >= 0.3 is 0 Å². The first-order valence-electron chi connectivity index (χ1n) is 10.3. The fourth-order valence-corrected chi connectivity index (χ4v) is 4.86. The normalized spacial score (nSPS) is 22.2. The van der Waals surface area contributed by atoms with Crippen LogP contribution >= 0.6 is 0 Å². The van der Waals surface area contributed by atoms with Gasteiger partial charge in [-0.2, -0.15) is 5.10 Å². The van der Waals surface area contributed by atoms with Crippen molar-refractivity contribution in [2.75, 3.05) is 19.6 Å². The number of carbonyl (C=O) groups excluding carboxylic acids is 1. The molecule has 3 aliphatic rings. The van der Waals surface area contributed by atoms with Crippen LogP contribution in [-0.2, 0) is 29.8 Å². The molecule has 5 rings (SSSR count). The zero-order chi connectivity index (χ0) is 18.4. The Kier molecular flexibility index (Phi) is 4.07. The van der Waals surface area contributed by atoms with Crippen molar-refractivity contribution in [1.29, 1.82) is 0 Å². The van der Waals surface area contributed by atoms with E-state index in [1.54, 1.807) is 0 Å². The Labute approximate surface area is 159 Å². The number of aryl methyl sites for hydroxylation is 1. The maximum Gasteiger partial charge on any atom is 0.226 e. The lowest BCUT2D eigenvalue weighted by Gasteiger charge is -2.50. The highest BCUT2D eigenvalue weighted by Crippen LogP contribution is 2.45. The minimum atomic E-state index is -0.211. The van der Waals surface area contributed by atoms with Crippen molar-refractivity contribution in [3.05, 3.63) is 35.7 Å². The highest BCUT2D eigenvalue weighted by Gasteiger charge is 2.50. The summed E-state index contributed by atoms with van der Waals surface area (Å²) < 4.78 is 1.98. The molecule has 2 fully saturated rings. The van der Waals surface area contributed by atoms with E-state index in [-0.39, 0.29) is 11.5 Å². The summed E-state index contributed by atoms with van der Waals surface area (Å²) in [5.41, 5.74) is 3.41. The van der Waals surface area contributed by atoms with Crippen LogP contribution in [0.1, 0.15) is 49.6 Å². The highest BCUT2D eigenvalue weighted by molar-refractivity contribution is 5.82. The van der Waals surface area contributed by atoms with E-state index in [1.165, 1.54) is 11.3 Å². The van der Waals surface area contributed by atoms with E-state index in [4.69, 9.17) is 0 Å². The summed E-state index contributed by atoms with van der Waals surface area (Å²) >= 11 is 0. The third-order valence-electron chi connectivity index (χ3n) is 6.55. The lowest BCUT2D eigenvalue weighted by molar-refractivity contribution is -0.143. The van der Waals surface area contributed by atoms with Crippen molar-refractivity contribution in [3.63, 3.8) is 0 Å². The van der Waals surface area contributed by atoms with Crippen LogP contribution in [0.2, 0.25) is 0 Å². The largest absolute Gasteiger partial charge is 0.348 e. The molecular weight excluding hydrogens is 340 g/mol. The number of piperidine rings is 1. The number of aromatic nitrogens is 4. The van der Waals surface area contributed by atoms with Gasteiger partial charge < -0.3 is 9.88 Å². The average Bonchev–Trinajstić information content (AvgIpc) is 3.25. The van der Waals surface area contributed by atoms with Gasteiger partial charge in [0.25, 0.3) is 0 Å². The van der Waals surface area contributed by atoms with E-state index in [9.17, 15) is 4.79 Å². The van der Waals surface area contributed by atoms with Crippen LogP contribution in [0, 0.1) is 5.92 Å². The number of hydrogen-bond donors (Lipinski definition) is 1. The van der Waals surface area contributed by atoms with Crippen molar-refractivity contribution < 1.29 is 4.79 Å². The summed E-state index contributed by atoms with van der Waals surface area (Å²) in [4.78, 5) is 25.7. The van der Waals surface area contributed by atoms with Crippen molar-refractivity contribution in [2.45, 2.75) is 57.7 Å². The molecule has 2 aliphatic heterocycles. The van der Waals surface area contributed by atoms with Gasteiger partial charge in [-0.1, -0.05) is 0 Å². The molecule has 27 heavy (non-hydrogen) atoms.